The van der Waals surface area contributed by atoms with E-state index in [0.29, 0.717) is 6.42 Å². The number of sulfonamides is 1. The van der Waals surface area contributed by atoms with Crippen molar-refractivity contribution < 1.29 is 27.0 Å². The highest BCUT2D eigenvalue weighted by atomic mass is 32.2. The van der Waals surface area contributed by atoms with Crippen LogP contribution in [-0.2, 0) is 19.9 Å². The number of aryl methyl sites for hydroxylation is 2. The van der Waals surface area contributed by atoms with E-state index in [1.165, 1.54) is 24.3 Å². The highest BCUT2D eigenvalue weighted by Crippen LogP contribution is 2.37. The molecule has 0 unspecified atom stereocenters. The number of nitrogens with zero attached hydrogens (tertiary/aromatic N) is 1. The first-order valence-corrected chi connectivity index (χ1v) is 13.6. The number of aliphatic hydroxyl groups is 2. The molecule has 1 aliphatic rings. The fraction of sp³-hybridized carbons (Fsp3) is 0.478. The van der Waals surface area contributed by atoms with Gasteiger partial charge in [0.15, 0.2) is 9.84 Å². The minimum atomic E-state index is -4.17. The summed E-state index contributed by atoms with van der Waals surface area (Å²) in [5.74, 6) is 0.0425. The van der Waals surface area contributed by atoms with Crippen molar-refractivity contribution in [1.29, 1.82) is 0 Å². The highest BCUT2D eigenvalue weighted by Gasteiger charge is 2.51. The normalized spacial score (nSPS) is 25.2. The molecule has 0 saturated carbocycles. The number of aliphatic hydroxyl groups excluding tert-OH is 2. The molecular formula is C23H31NO6S2. The van der Waals surface area contributed by atoms with E-state index < -0.39 is 43.5 Å². The summed E-state index contributed by atoms with van der Waals surface area (Å²) < 4.78 is 54.3. The monoisotopic (exact) mass is 481 g/mol. The Kier molecular flexibility index (Phi) is 7.17. The van der Waals surface area contributed by atoms with Crippen LogP contribution in [0.25, 0.3) is 0 Å². The Balaban J connectivity index is 2.04. The van der Waals surface area contributed by atoms with Crippen molar-refractivity contribution in [2.24, 2.45) is 5.92 Å². The van der Waals surface area contributed by atoms with E-state index in [9.17, 15) is 27.0 Å². The molecule has 4 atom stereocenters. The maximum Gasteiger partial charge on any atom is 0.245 e. The zero-order valence-corrected chi connectivity index (χ0v) is 20.3. The van der Waals surface area contributed by atoms with Crippen molar-refractivity contribution in [2.75, 3.05) is 0 Å². The second kappa shape index (κ2) is 9.23. The first kappa shape index (κ1) is 24.9. The maximum atomic E-state index is 13.4. The fourth-order valence-electron chi connectivity index (χ4n) is 4.20. The summed E-state index contributed by atoms with van der Waals surface area (Å²) in [4.78, 5) is 0.0282. The molecule has 2 aromatic rings. The molecule has 7 nitrogen and oxygen atoms in total. The third kappa shape index (κ3) is 4.77. The van der Waals surface area contributed by atoms with E-state index in [0.717, 1.165) is 15.4 Å². The molecule has 0 aliphatic carbocycles. The Morgan fingerprint density at radius 3 is 1.81 bits per heavy atom. The zero-order valence-electron chi connectivity index (χ0n) is 18.7. The van der Waals surface area contributed by atoms with Gasteiger partial charge in [-0.2, -0.15) is 4.31 Å². The predicted molar refractivity (Wildman–Crippen MR) is 122 cm³/mol. The van der Waals surface area contributed by atoms with Crippen molar-refractivity contribution in [3.05, 3.63) is 59.7 Å². The van der Waals surface area contributed by atoms with E-state index in [4.69, 9.17) is 0 Å². The van der Waals surface area contributed by atoms with Gasteiger partial charge in [0.1, 0.15) is 12.3 Å². The lowest BCUT2D eigenvalue weighted by molar-refractivity contribution is -0.0895. The van der Waals surface area contributed by atoms with Crippen LogP contribution in [0.3, 0.4) is 0 Å². The van der Waals surface area contributed by atoms with Crippen molar-refractivity contribution in [2.45, 2.75) is 74.0 Å². The number of piperidine rings is 1. The van der Waals surface area contributed by atoms with Gasteiger partial charge in [-0.25, -0.2) is 16.8 Å². The molecule has 3 rings (SSSR count). The largest absolute Gasteiger partial charge is 0.388 e. The van der Waals surface area contributed by atoms with E-state index in [1.54, 1.807) is 24.3 Å². The molecular weight excluding hydrogens is 450 g/mol. The molecule has 0 bridgehead atoms. The number of benzene rings is 2. The molecule has 9 heteroatoms. The molecule has 1 fully saturated rings. The molecule has 0 amide bonds. The Morgan fingerprint density at radius 2 is 1.34 bits per heavy atom. The van der Waals surface area contributed by atoms with Crippen molar-refractivity contribution in [3.63, 3.8) is 0 Å². The first-order chi connectivity index (χ1) is 14.9. The molecule has 0 aromatic heterocycles. The van der Waals surface area contributed by atoms with Gasteiger partial charge in [-0.1, -0.05) is 49.2 Å². The van der Waals surface area contributed by atoms with Crippen molar-refractivity contribution in [1.82, 2.24) is 4.31 Å². The van der Waals surface area contributed by atoms with Gasteiger partial charge in [-0.15, -0.1) is 0 Å². The van der Waals surface area contributed by atoms with Gasteiger partial charge in [0.05, 0.1) is 15.0 Å². The van der Waals surface area contributed by atoms with Crippen LogP contribution in [0.2, 0.25) is 0 Å². The standard InChI is InChI=1S/C23H31NO6S2/c1-15(2)13-18-14-21(31(27,28)19-9-5-16(3)6-10-19)22(25)23(26)24(18)32(29,30)20-11-7-17(4)8-12-20/h5-12,15,18,21-23,25-26H,13-14H2,1-4H3/t18-,21-,22+,23+/m0/s1. The quantitative estimate of drug-likeness (QED) is 0.656. The van der Waals surface area contributed by atoms with E-state index in [1.807, 2.05) is 27.7 Å². The molecule has 0 spiro atoms. The van der Waals surface area contributed by atoms with Crippen molar-refractivity contribution in [3.8, 4) is 0 Å². The Labute approximate surface area is 190 Å². The first-order valence-electron chi connectivity index (χ1n) is 10.6. The molecule has 1 saturated heterocycles. The van der Waals surface area contributed by atoms with Gasteiger partial charge < -0.3 is 10.2 Å². The fourth-order valence-corrected chi connectivity index (χ4v) is 7.74. The Hall–Kier alpha value is -1.78. The van der Waals surface area contributed by atoms with E-state index in [-0.39, 0.29) is 22.1 Å². The lowest BCUT2D eigenvalue weighted by Crippen LogP contribution is -2.62. The van der Waals surface area contributed by atoms with Crippen molar-refractivity contribution >= 4 is 19.9 Å². The third-order valence-corrected chi connectivity index (χ3v) is 10.0. The highest BCUT2D eigenvalue weighted by molar-refractivity contribution is 7.92. The summed E-state index contributed by atoms with van der Waals surface area (Å²) in [5.41, 5.74) is 1.77. The third-order valence-electron chi connectivity index (χ3n) is 5.90. The molecule has 1 heterocycles. The van der Waals surface area contributed by atoms with Crippen LogP contribution < -0.4 is 0 Å². The second-order valence-electron chi connectivity index (χ2n) is 8.97. The van der Waals surface area contributed by atoms with Crippen LogP contribution in [0, 0.1) is 19.8 Å². The number of hydrogen-bond acceptors (Lipinski definition) is 6. The second-order valence-corrected chi connectivity index (χ2v) is 13.0. The topological polar surface area (TPSA) is 112 Å². The van der Waals surface area contributed by atoms with Gasteiger partial charge in [0.2, 0.25) is 10.0 Å². The number of rotatable bonds is 6. The molecule has 2 aromatic carbocycles. The lowest BCUT2D eigenvalue weighted by atomic mass is 9.93. The number of hydrogen-bond donors (Lipinski definition) is 2. The lowest BCUT2D eigenvalue weighted by Gasteiger charge is -2.44. The van der Waals surface area contributed by atoms with Crippen LogP contribution >= 0.6 is 0 Å². The summed E-state index contributed by atoms with van der Waals surface area (Å²) >= 11 is 0. The van der Waals surface area contributed by atoms with Crippen LogP contribution in [0.5, 0.6) is 0 Å². The summed E-state index contributed by atoms with van der Waals surface area (Å²) in [5, 5.41) is 20.4. The molecule has 1 aliphatic heterocycles. The smallest absolute Gasteiger partial charge is 0.245 e. The van der Waals surface area contributed by atoms with Gasteiger partial charge in [-0.05, 0) is 56.9 Å². The molecule has 2 N–H and O–H groups in total. The van der Waals surface area contributed by atoms with Gasteiger partial charge >= 0.3 is 0 Å². The zero-order chi connectivity index (χ0) is 23.8. The van der Waals surface area contributed by atoms with Crippen LogP contribution in [0.15, 0.2) is 58.3 Å². The SMILES string of the molecule is Cc1ccc(S(=O)(=O)[C@H]2C[C@H](CC(C)C)N(S(=O)(=O)c3ccc(C)cc3)[C@H](O)[C@@H]2O)cc1. The average Bonchev–Trinajstić information content (AvgIpc) is 2.70. The van der Waals surface area contributed by atoms with E-state index in [2.05, 4.69) is 0 Å². The van der Waals surface area contributed by atoms with Gasteiger partial charge in [-0.3, -0.25) is 0 Å². The number of sulfone groups is 1. The summed E-state index contributed by atoms with van der Waals surface area (Å²) in [6.07, 6.45) is -3.44. The predicted octanol–water partition coefficient (Wildman–Crippen LogP) is 2.63. The molecule has 176 valence electrons. The summed E-state index contributed by atoms with van der Waals surface area (Å²) in [6.45, 7) is 7.47. The van der Waals surface area contributed by atoms with Gasteiger partial charge in [0.25, 0.3) is 0 Å². The maximum absolute atomic E-state index is 13.4. The van der Waals surface area contributed by atoms with Gasteiger partial charge in [0, 0.05) is 6.04 Å². The summed E-state index contributed by atoms with van der Waals surface area (Å²) in [6, 6.07) is 11.7. The molecule has 0 radical (unpaired) electrons. The minimum absolute atomic E-state index is 0.0112. The van der Waals surface area contributed by atoms with Crippen LogP contribution in [-0.4, -0.2) is 55.0 Å². The van der Waals surface area contributed by atoms with Crippen LogP contribution in [0.4, 0.5) is 0 Å². The summed E-state index contributed by atoms with van der Waals surface area (Å²) in [7, 11) is -8.17. The van der Waals surface area contributed by atoms with Crippen LogP contribution in [0.1, 0.15) is 37.8 Å². The van der Waals surface area contributed by atoms with E-state index >= 15 is 0 Å². The Bertz CT molecular complexity index is 1140. The average molecular weight is 482 g/mol. The minimum Gasteiger partial charge on any atom is -0.388 e. The Morgan fingerprint density at radius 1 is 0.875 bits per heavy atom. The molecule has 32 heavy (non-hydrogen) atoms.